The Labute approximate surface area is 130 Å². The summed E-state index contributed by atoms with van der Waals surface area (Å²) in [6.07, 6.45) is 0. The fraction of sp³-hybridized carbons (Fsp3) is 0.600. The zero-order valence-corrected chi connectivity index (χ0v) is 9.32. The van der Waals surface area contributed by atoms with Gasteiger partial charge < -0.3 is 20.4 Å². The van der Waals surface area contributed by atoms with E-state index < -0.39 is 72.7 Å². The largest absolute Gasteiger partial charge is 0.480 e. The van der Waals surface area contributed by atoms with E-state index in [2.05, 4.69) is 0 Å². The Bertz CT molecular complexity index is 698. The van der Waals surface area contributed by atoms with E-state index in [-0.39, 0.29) is 0 Å². The molecule has 0 amide bonds. The van der Waals surface area contributed by atoms with Gasteiger partial charge in [0.05, 0.1) is 37.0 Å². The first-order valence-corrected chi connectivity index (χ1v) is 4.30. The maximum absolute atomic E-state index is 11.3. The van der Waals surface area contributed by atoms with Gasteiger partial charge in [-0.15, -0.1) is 0 Å². The van der Waals surface area contributed by atoms with Crippen LogP contribution in [0, 0.1) is 0 Å². The minimum atomic E-state index is -4.78. The lowest BCUT2D eigenvalue weighted by Gasteiger charge is -2.23. The quantitative estimate of drug-likeness (QED) is 0.334. The van der Waals surface area contributed by atoms with Crippen molar-refractivity contribution in [2.45, 2.75) is 0 Å². The van der Waals surface area contributed by atoms with Crippen LogP contribution in [0.1, 0.15) is 16.4 Å². The Morgan fingerprint density at radius 1 is 0.650 bits per heavy atom. The van der Waals surface area contributed by atoms with E-state index >= 15 is 0 Å². The molecule has 0 aliphatic rings. The third-order valence-corrected chi connectivity index (χ3v) is 1.10. The lowest BCUT2D eigenvalue weighted by molar-refractivity contribution is -0.145. The van der Waals surface area contributed by atoms with Gasteiger partial charge in [0.25, 0.3) is 0 Å². The molecule has 4 N–H and O–H groups in total. The van der Waals surface area contributed by atoms with Crippen molar-refractivity contribution in [3.8, 4) is 0 Å². The van der Waals surface area contributed by atoms with E-state index in [1.807, 2.05) is 0 Å². The van der Waals surface area contributed by atoms with Gasteiger partial charge in [0.2, 0.25) is 0 Å². The number of rotatable bonds is 11. The molecule has 0 aromatic rings. The van der Waals surface area contributed by atoms with Crippen molar-refractivity contribution in [1.29, 1.82) is 0 Å². The fourth-order valence-corrected chi connectivity index (χ4v) is 0.650. The average molecular weight is 304 g/mol. The second-order valence-electron chi connectivity index (χ2n) is 2.56. The molecule has 10 heteroatoms. The van der Waals surface area contributed by atoms with Crippen LogP contribution in [0.25, 0.3) is 0 Å². The summed E-state index contributed by atoms with van der Waals surface area (Å²) in [5.41, 5.74) is 0. The van der Waals surface area contributed by atoms with E-state index in [9.17, 15) is 19.2 Å². The molecule has 0 atom stereocenters. The van der Waals surface area contributed by atoms with Gasteiger partial charge in [0.1, 0.15) is 0 Å². The Morgan fingerprint density at radius 2 is 0.850 bits per heavy atom. The smallest absolute Gasteiger partial charge is 0.317 e. The van der Waals surface area contributed by atoms with Crippen LogP contribution in [-0.4, -0.2) is 93.1 Å². The molecule has 0 spiro atoms. The van der Waals surface area contributed by atoms with Gasteiger partial charge in [-0.2, -0.15) is 0 Å². The van der Waals surface area contributed by atoms with Gasteiger partial charge in [0, 0.05) is 18.5 Å². The predicted molar refractivity (Wildman–Crippen MR) is 63.4 cm³/mol. The molecule has 0 bridgehead atoms. The molecule has 10 nitrogen and oxygen atoms in total. The van der Waals surface area contributed by atoms with Crippen molar-refractivity contribution in [2.75, 3.05) is 39.0 Å². The van der Waals surface area contributed by atoms with Crippen molar-refractivity contribution in [3.05, 3.63) is 0 Å². The maximum Gasteiger partial charge on any atom is 0.317 e. The van der Waals surface area contributed by atoms with Gasteiger partial charge in [-0.1, -0.05) is 0 Å². The zero-order chi connectivity index (χ0) is 26.5. The fourth-order valence-electron chi connectivity index (χ4n) is 0.650. The molecule has 0 aromatic heterocycles. The molecule has 0 saturated carbocycles. The SMILES string of the molecule is [2H]C([2H])(C(=O)O)N(C([2H])([2H])C(=O)O)C([2H])([2H])C([2H])([2H])N(C([2H])([2H])C(=O)O)C([2H])([2H])C(=O)O. The Kier molecular flexibility index (Phi) is 2.67. The molecule has 0 unspecified atom stereocenters. The van der Waals surface area contributed by atoms with Crippen LogP contribution in [0.5, 0.6) is 0 Å². The first-order valence-electron chi connectivity index (χ1n) is 10.3. The van der Waals surface area contributed by atoms with E-state index in [1.165, 1.54) is 0 Å². The minimum Gasteiger partial charge on any atom is -0.480 e. The van der Waals surface area contributed by atoms with Crippen molar-refractivity contribution in [1.82, 2.24) is 9.80 Å². The molecule has 0 aromatic carbocycles. The van der Waals surface area contributed by atoms with Crippen LogP contribution >= 0.6 is 0 Å². The van der Waals surface area contributed by atoms with Crippen LogP contribution in [0.4, 0.5) is 0 Å². The Morgan fingerprint density at radius 3 is 1.00 bits per heavy atom. The monoisotopic (exact) mass is 304 g/mol. The lowest BCUT2D eigenvalue weighted by atomic mass is 10.4. The number of carboxylic acids is 4. The minimum absolute atomic E-state index is 1.40. The number of carboxylic acid groups (broad SMARTS) is 4. The Balaban J connectivity index is 7.49. The van der Waals surface area contributed by atoms with E-state index in [0.29, 0.717) is 0 Å². The van der Waals surface area contributed by atoms with E-state index in [4.69, 9.17) is 36.9 Å². The number of carbonyl (C=O) groups is 4. The molecule has 0 fully saturated rings. The molecule has 0 rings (SSSR count). The van der Waals surface area contributed by atoms with Crippen molar-refractivity contribution < 1.29 is 56.1 Å². The molecule has 20 heavy (non-hydrogen) atoms. The lowest BCUT2D eigenvalue weighted by Crippen LogP contribution is -2.43. The summed E-state index contributed by atoms with van der Waals surface area (Å²) in [7, 11) is 0. The van der Waals surface area contributed by atoms with Gasteiger partial charge in [0.15, 0.2) is 0 Å². The number of aliphatic carboxylic acids is 4. The van der Waals surface area contributed by atoms with Crippen molar-refractivity contribution in [2.24, 2.45) is 0 Å². The van der Waals surface area contributed by atoms with Crippen LogP contribution in [0.2, 0.25) is 0 Å². The molecule has 0 saturated heterocycles. The topological polar surface area (TPSA) is 156 Å². The molecule has 114 valence electrons. The molecule has 0 aliphatic carbocycles. The Hall–Kier alpha value is -2.20. The highest BCUT2D eigenvalue weighted by Crippen LogP contribution is 1.94. The van der Waals surface area contributed by atoms with E-state index in [1.54, 1.807) is 0 Å². The first-order chi connectivity index (χ1) is 13.8. The first kappa shape index (κ1) is 6.06. The number of hydrogen-bond acceptors (Lipinski definition) is 6. The average Bonchev–Trinajstić information content (AvgIpc) is 2.52. The third-order valence-electron chi connectivity index (χ3n) is 1.10. The van der Waals surface area contributed by atoms with Crippen molar-refractivity contribution >= 4 is 23.9 Å². The van der Waals surface area contributed by atoms with Crippen molar-refractivity contribution in [3.63, 3.8) is 0 Å². The zero-order valence-electron chi connectivity index (χ0n) is 21.3. The highest BCUT2D eigenvalue weighted by Gasteiger charge is 2.17. The molecule has 0 aliphatic heterocycles. The summed E-state index contributed by atoms with van der Waals surface area (Å²) >= 11 is 0. The standard InChI is InChI=1S/C10H16N2O8/c13-7(14)3-11(4-8(15)16)1-2-12(5-9(17)18)6-10(19)20/h1-6H2,(H,13,14)(H,15,16)(H,17,18)(H,19,20)/i1D2,2D2,3D2,4D2,5D2,6D2. The normalized spacial score (nSPS) is 23.9. The molecule has 0 heterocycles. The van der Waals surface area contributed by atoms with E-state index in [0.717, 1.165) is 0 Å². The van der Waals surface area contributed by atoms with Crippen LogP contribution in [0.15, 0.2) is 0 Å². The third kappa shape index (κ3) is 9.79. The summed E-state index contributed by atoms with van der Waals surface area (Å²) in [5, 5.41) is 36.0. The molecular weight excluding hydrogens is 276 g/mol. The second kappa shape index (κ2) is 8.82. The highest BCUT2D eigenvalue weighted by atomic mass is 16.4. The number of nitrogens with zero attached hydrogens (tertiary/aromatic N) is 2. The van der Waals surface area contributed by atoms with Gasteiger partial charge in [-0.25, -0.2) is 0 Å². The highest BCUT2D eigenvalue weighted by molar-refractivity contribution is 5.73. The maximum atomic E-state index is 11.3. The van der Waals surface area contributed by atoms with Gasteiger partial charge in [-0.05, 0) is 0 Å². The summed E-state index contributed by atoms with van der Waals surface area (Å²) in [6.45, 7) is -27.3. The summed E-state index contributed by atoms with van der Waals surface area (Å²) < 4.78 is 90.3. The summed E-state index contributed by atoms with van der Waals surface area (Å²) in [4.78, 5) is 42.3. The number of hydrogen-bond donors (Lipinski definition) is 4. The summed E-state index contributed by atoms with van der Waals surface area (Å²) in [5.74, 6) is -11.1. The summed E-state index contributed by atoms with van der Waals surface area (Å²) in [6, 6.07) is 0. The molecular formula is C10H16N2O8. The van der Waals surface area contributed by atoms with Crippen LogP contribution < -0.4 is 0 Å². The van der Waals surface area contributed by atoms with Crippen LogP contribution in [-0.2, 0) is 19.2 Å². The van der Waals surface area contributed by atoms with Gasteiger partial charge >= 0.3 is 23.9 Å². The van der Waals surface area contributed by atoms with Crippen LogP contribution in [0.3, 0.4) is 0 Å². The molecule has 0 radical (unpaired) electrons. The van der Waals surface area contributed by atoms with Gasteiger partial charge in [-0.3, -0.25) is 29.0 Å². The second-order valence-corrected chi connectivity index (χ2v) is 2.56. The predicted octanol–water partition coefficient (Wildman–Crippen LogP) is -2.07.